The highest BCUT2D eigenvalue weighted by Gasteiger charge is 2.64. The largest absolute Gasteiger partial charge is 0.365 e. The van der Waals surface area contributed by atoms with Crippen molar-refractivity contribution >= 4 is 21.6 Å². The third-order valence-electron chi connectivity index (χ3n) is 5.89. The minimum Gasteiger partial charge on any atom is -0.365 e. The number of sulfonamides is 1. The number of rotatable bonds is 1. The van der Waals surface area contributed by atoms with E-state index >= 15 is 0 Å². The zero-order valence-corrected chi connectivity index (χ0v) is 15.4. The molecule has 0 aliphatic carbocycles. The van der Waals surface area contributed by atoms with Gasteiger partial charge in [0.25, 0.3) is 5.91 Å². The Morgan fingerprint density at radius 1 is 1.35 bits per heavy atom. The highest BCUT2D eigenvalue weighted by molar-refractivity contribution is 7.90. The number of carbonyl (C=O) groups excluding carboxylic acids is 1. The van der Waals surface area contributed by atoms with Crippen molar-refractivity contribution in [2.24, 2.45) is 0 Å². The fourth-order valence-corrected chi connectivity index (χ4v) is 6.72. The molecule has 8 nitrogen and oxygen atoms in total. The van der Waals surface area contributed by atoms with E-state index in [4.69, 9.17) is 4.74 Å². The number of aromatic nitrogens is 2. The molecular formula is C17H20N4O4S. The molecule has 3 aliphatic heterocycles. The lowest BCUT2D eigenvalue weighted by atomic mass is 9.99. The fraction of sp³-hybridized carbons (Fsp3) is 0.529. The highest BCUT2D eigenvalue weighted by Crippen LogP contribution is 2.46. The predicted molar refractivity (Wildman–Crippen MR) is 93.4 cm³/mol. The maximum Gasteiger partial charge on any atom is 0.274 e. The van der Waals surface area contributed by atoms with Crippen molar-refractivity contribution in [2.45, 2.75) is 30.3 Å². The maximum atomic E-state index is 13.2. The molecule has 0 radical (unpaired) electrons. The minimum absolute atomic E-state index is 0.161. The van der Waals surface area contributed by atoms with Crippen LogP contribution in [0.15, 0.2) is 24.4 Å². The van der Waals surface area contributed by atoms with E-state index in [0.29, 0.717) is 25.2 Å². The number of imidazole rings is 1. The van der Waals surface area contributed by atoms with Gasteiger partial charge in [0.2, 0.25) is 10.0 Å². The molecule has 2 bridgehead atoms. The van der Waals surface area contributed by atoms with Crippen LogP contribution >= 0.6 is 0 Å². The van der Waals surface area contributed by atoms with E-state index in [1.165, 1.54) is 4.31 Å². The Labute approximate surface area is 151 Å². The van der Waals surface area contributed by atoms with Crippen molar-refractivity contribution in [1.82, 2.24) is 18.6 Å². The summed E-state index contributed by atoms with van der Waals surface area (Å²) in [5.41, 5.74) is 1.11. The van der Waals surface area contributed by atoms with E-state index in [9.17, 15) is 13.2 Å². The molecule has 3 aliphatic rings. The number of pyridine rings is 1. The summed E-state index contributed by atoms with van der Waals surface area (Å²) in [6.07, 6.45) is 2.09. The van der Waals surface area contributed by atoms with Gasteiger partial charge in [-0.3, -0.25) is 4.79 Å². The Bertz CT molecular complexity index is 1030. The normalized spacial score (nSPS) is 32.9. The molecule has 1 amide bonds. The number of fused-ring (bicyclic) bond motifs is 2. The molecular weight excluding hydrogens is 356 g/mol. The van der Waals surface area contributed by atoms with Crippen LogP contribution in [0.1, 0.15) is 22.6 Å². The first-order valence-electron chi connectivity index (χ1n) is 8.68. The Balaban J connectivity index is 1.50. The monoisotopic (exact) mass is 376 g/mol. The number of morpholine rings is 1. The van der Waals surface area contributed by atoms with Crippen molar-refractivity contribution in [3.63, 3.8) is 0 Å². The van der Waals surface area contributed by atoms with Crippen LogP contribution in [0.25, 0.3) is 5.65 Å². The van der Waals surface area contributed by atoms with Gasteiger partial charge in [-0.25, -0.2) is 17.7 Å². The highest BCUT2D eigenvalue weighted by atomic mass is 32.2. The molecule has 3 atom stereocenters. The molecule has 5 rings (SSSR count). The lowest BCUT2D eigenvalue weighted by Crippen LogP contribution is -2.56. The van der Waals surface area contributed by atoms with E-state index in [0.717, 1.165) is 11.3 Å². The van der Waals surface area contributed by atoms with Crippen LogP contribution in [0.3, 0.4) is 0 Å². The summed E-state index contributed by atoms with van der Waals surface area (Å²) in [6.45, 7) is 2.86. The fourth-order valence-electron chi connectivity index (χ4n) is 4.69. The van der Waals surface area contributed by atoms with Crippen molar-refractivity contribution in [1.29, 1.82) is 0 Å². The van der Waals surface area contributed by atoms with E-state index in [2.05, 4.69) is 4.98 Å². The number of aryl methyl sites for hydroxylation is 1. The summed E-state index contributed by atoms with van der Waals surface area (Å²) >= 11 is 0. The van der Waals surface area contributed by atoms with Crippen LogP contribution in [-0.2, 0) is 14.8 Å². The van der Waals surface area contributed by atoms with Gasteiger partial charge in [-0.05, 0) is 25.5 Å². The van der Waals surface area contributed by atoms with Crippen LogP contribution < -0.4 is 0 Å². The SMILES string of the molecule is Cc1c(C(=O)N2C[C@H]3C[C@H]4[C@](C2)(CN(C)S4(=O)=O)O3)nc2ccccn12. The molecule has 1 spiro atoms. The summed E-state index contributed by atoms with van der Waals surface area (Å²) in [5.74, 6) is -0.161. The molecule has 2 aromatic heterocycles. The average Bonchev–Trinajstić information content (AvgIpc) is 3.14. The second kappa shape index (κ2) is 5.05. The molecule has 0 unspecified atom stereocenters. The molecule has 26 heavy (non-hydrogen) atoms. The molecule has 0 aromatic carbocycles. The van der Waals surface area contributed by atoms with Gasteiger partial charge in [0, 0.05) is 26.3 Å². The second-order valence-corrected chi connectivity index (χ2v) is 9.71. The first-order valence-corrected chi connectivity index (χ1v) is 10.2. The molecule has 9 heteroatoms. The smallest absolute Gasteiger partial charge is 0.274 e. The number of nitrogens with zero attached hydrogens (tertiary/aromatic N) is 4. The van der Waals surface area contributed by atoms with Crippen molar-refractivity contribution in [2.75, 3.05) is 26.7 Å². The number of carbonyl (C=O) groups is 1. The van der Waals surface area contributed by atoms with E-state index in [-0.39, 0.29) is 18.6 Å². The Kier molecular flexibility index (Phi) is 3.15. The second-order valence-electron chi connectivity index (χ2n) is 7.49. The van der Waals surface area contributed by atoms with E-state index < -0.39 is 20.9 Å². The summed E-state index contributed by atoms with van der Waals surface area (Å²) in [5, 5.41) is -0.565. The van der Waals surface area contributed by atoms with Crippen LogP contribution in [0.5, 0.6) is 0 Å². The van der Waals surface area contributed by atoms with Crippen molar-refractivity contribution in [3.05, 3.63) is 35.8 Å². The Morgan fingerprint density at radius 2 is 2.15 bits per heavy atom. The lowest BCUT2D eigenvalue weighted by Gasteiger charge is -2.39. The topological polar surface area (TPSA) is 84.2 Å². The zero-order valence-electron chi connectivity index (χ0n) is 14.6. The van der Waals surface area contributed by atoms with Gasteiger partial charge >= 0.3 is 0 Å². The van der Waals surface area contributed by atoms with Crippen molar-refractivity contribution in [3.8, 4) is 0 Å². The molecule has 0 N–H and O–H groups in total. The summed E-state index contributed by atoms with van der Waals surface area (Å²) < 4.78 is 34.4. The Hall–Kier alpha value is -1.97. The average molecular weight is 376 g/mol. The number of likely N-dealkylation sites (N-methyl/N-ethyl adjacent to an activating group) is 1. The quantitative estimate of drug-likeness (QED) is 0.713. The van der Waals surface area contributed by atoms with E-state index in [1.807, 2.05) is 35.7 Å². The zero-order chi connectivity index (χ0) is 18.3. The molecule has 5 heterocycles. The minimum atomic E-state index is -3.36. The van der Waals surface area contributed by atoms with Crippen LogP contribution in [0, 0.1) is 6.92 Å². The third-order valence-corrected chi connectivity index (χ3v) is 8.23. The standard InChI is InChI=1S/C17H20N4O4S/c1-11-15(18-14-5-3-4-6-21(11)14)16(22)20-8-12-7-13-17(10-20,25-12)9-19(2)26(13,23)24/h3-6,12-13H,7-10H2,1-2H3/t12-,13+,17-/m1/s1. The molecule has 3 saturated heterocycles. The summed E-state index contributed by atoms with van der Waals surface area (Å²) in [6, 6.07) is 5.64. The van der Waals surface area contributed by atoms with Gasteiger partial charge in [-0.2, -0.15) is 0 Å². The van der Waals surface area contributed by atoms with Crippen LogP contribution in [-0.4, -0.2) is 76.6 Å². The Morgan fingerprint density at radius 3 is 2.92 bits per heavy atom. The number of ether oxygens (including phenoxy) is 1. The summed E-state index contributed by atoms with van der Waals surface area (Å²) in [7, 11) is -1.78. The molecule has 0 saturated carbocycles. The van der Waals surface area contributed by atoms with E-state index in [1.54, 1.807) is 11.9 Å². The summed E-state index contributed by atoms with van der Waals surface area (Å²) in [4.78, 5) is 19.4. The van der Waals surface area contributed by atoms with Crippen LogP contribution in [0.4, 0.5) is 0 Å². The first kappa shape index (κ1) is 16.2. The number of hydrogen-bond donors (Lipinski definition) is 0. The molecule has 2 aromatic rings. The van der Waals surface area contributed by atoms with Gasteiger partial charge in [-0.15, -0.1) is 0 Å². The third kappa shape index (κ3) is 1.99. The maximum absolute atomic E-state index is 13.2. The first-order chi connectivity index (χ1) is 12.3. The number of hydrogen-bond acceptors (Lipinski definition) is 5. The van der Waals surface area contributed by atoms with Gasteiger partial charge in [-0.1, -0.05) is 6.07 Å². The van der Waals surface area contributed by atoms with Crippen molar-refractivity contribution < 1.29 is 17.9 Å². The van der Waals surface area contributed by atoms with Gasteiger partial charge < -0.3 is 14.0 Å². The van der Waals surface area contributed by atoms with Gasteiger partial charge in [0.1, 0.15) is 22.2 Å². The van der Waals surface area contributed by atoms with Gasteiger partial charge in [0.15, 0.2) is 0 Å². The predicted octanol–water partition coefficient (Wildman–Crippen LogP) is 0.270. The lowest BCUT2D eigenvalue weighted by molar-refractivity contribution is -0.0967. The molecule has 138 valence electrons. The number of amides is 1. The van der Waals surface area contributed by atoms with Crippen LogP contribution in [0.2, 0.25) is 0 Å². The number of likely N-dealkylation sites (tertiary alicyclic amines) is 1. The van der Waals surface area contributed by atoms with Gasteiger partial charge in [0.05, 0.1) is 18.3 Å². The molecule has 3 fully saturated rings.